The highest BCUT2D eigenvalue weighted by Gasteiger charge is 2.19. The minimum Gasteiger partial charge on any atom is -0.477 e. The number of nitrogens with zero attached hydrogens (tertiary/aromatic N) is 4. The fourth-order valence-electron chi connectivity index (χ4n) is 1.24. The first kappa shape index (κ1) is 9.38. The molecular weight excluding hydrogens is 198 g/mol. The Bertz CT molecular complexity index is 513. The summed E-state index contributed by atoms with van der Waals surface area (Å²) in [5.74, 6) is 0.0682. The summed E-state index contributed by atoms with van der Waals surface area (Å²) < 4.78 is 1.68. The van der Waals surface area contributed by atoms with E-state index in [1.165, 1.54) is 6.33 Å². The van der Waals surface area contributed by atoms with Crippen LogP contribution in [-0.4, -0.2) is 35.8 Å². The molecule has 0 aliphatic rings. The van der Waals surface area contributed by atoms with Gasteiger partial charge in [0.1, 0.15) is 11.5 Å². The number of rotatable bonds is 2. The number of aryl methyl sites for hydroxylation is 1. The van der Waals surface area contributed by atoms with Gasteiger partial charge in [-0.15, -0.1) is 10.2 Å². The Morgan fingerprint density at radius 1 is 1.53 bits per heavy atom. The number of aromatic nitrogens is 5. The van der Waals surface area contributed by atoms with E-state index in [1.54, 1.807) is 18.5 Å². The third-order valence-corrected chi connectivity index (χ3v) is 2.16. The standard InChI is InChI=1S/C8H9N5O2/c1-4-11-12-7(13(4)2)5-6(8(14)15)10-3-9-5/h3H,1-2H3,(H,9,10)(H,14,15). The van der Waals surface area contributed by atoms with Crippen molar-refractivity contribution in [3.05, 3.63) is 17.8 Å². The fraction of sp³-hybridized carbons (Fsp3) is 0.250. The van der Waals surface area contributed by atoms with Gasteiger partial charge >= 0.3 is 5.97 Å². The summed E-state index contributed by atoms with van der Waals surface area (Å²) in [6.45, 7) is 1.78. The molecule has 0 saturated heterocycles. The second-order valence-corrected chi connectivity index (χ2v) is 3.06. The highest BCUT2D eigenvalue weighted by molar-refractivity contribution is 5.91. The van der Waals surface area contributed by atoms with Crippen molar-refractivity contribution in [2.75, 3.05) is 0 Å². The van der Waals surface area contributed by atoms with Crippen molar-refractivity contribution < 1.29 is 9.90 Å². The van der Waals surface area contributed by atoms with Crippen LogP contribution in [0.4, 0.5) is 0 Å². The van der Waals surface area contributed by atoms with Crippen molar-refractivity contribution in [2.45, 2.75) is 6.92 Å². The Morgan fingerprint density at radius 3 is 2.80 bits per heavy atom. The van der Waals surface area contributed by atoms with Gasteiger partial charge in [0.15, 0.2) is 11.5 Å². The maximum atomic E-state index is 10.8. The molecule has 0 unspecified atom stereocenters. The number of H-pyrrole nitrogens is 1. The maximum Gasteiger partial charge on any atom is 0.354 e. The minimum absolute atomic E-state index is 0.0190. The van der Waals surface area contributed by atoms with Gasteiger partial charge in [-0.05, 0) is 6.92 Å². The lowest BCUT2D eigenvalue weighted by Gasteiger charge is -1.98. The number of aromatic amines is 1. The summed E-state index contributed by atoms with van der Waals surface area (Å²) >= 11 is 0. The lowest BCUT2D eigenvalue weighted by atomic mass is 10.3. The molecule has 7 nitrogen and oxygen atoms in total. The summed E-state index contributed by atoms with van der Waals surface area (Å²) in [5, 5.41) is 16.6. The van der Waals surface area contributed by atoms with E-state index in [0.717, 1.165) is 0 Å². The number of hydrogen-bond acceptors (Lipinski definition) is 4. The molecule has 2 heterocycles. The van der Waals surface area contributed by atoms with Gasteiger partial charge in [-0.3, -0.25) is 0 Å². The topological polar surface area (TPSA) is 96.7 Å². The number of aromatic carboxylic acids is 1. The Labute approximate surface area is 84.8 Å². The van der Waals surface area contributed by atoms with E-state index in [9.17, 15) is 4.79 Å². The number of carbonyl (C=O) groups is 1. The summed E-state index contributed by atoms with van der Waals surface area (Å²) in [5.41, 5.74) is 0.316. The molecule has 0 amide bonds. The first-order chi connectivity index (χ1) is 7.11. The highest BCUT2D eigenvalue weighted by atomic mass is 16.4. The van der Waals surface area contributed by atoms with Gasteiger partial charge in [0, 0.05) is 7.05 Å². The first-order valence-corrected chi connectivity index (χ1v) is 4.24. The molecule has 0 saturated carbocycles. The van der Waals surface area contributed by atoms with E-state index >= 15 is 0 Å². The summed E-state index contributed by atoms with van der Waals surface area (Å²) in [4.78, 5) is 17.3. The predicted molar refractivity (Wildman–Crippen MR) is 50.3 cm³/mol. The minimum atomic E-state index is -1.07. The van der Waals surface area contributed by atoms with Crippen LogP contribution >= 0.6 is 0 Å². The third-order valence-electron chi connectivity index (χ3n) is 2.16. The van der Waals surface area contributed by atoms with Crippen molar-refractivity contribution in [3.63, 3.8) is 0 Å². The number of carboxylic acids is 1. The van der Waals surface area contributed by atoms with Crippen LogP contribution in [0.5, 0.6) is 0 Å². The van der Waals surface area contributed by atoms with Crippen LogP contribution < -0.4 is 0 Å². The number of hydrogen-bond donors (Lipinski definition) is 2. The quantitative estimate of drug-likeness (QED) is 0.733. The monoisotopic (exact) mass is 207 g/mol. The van der Waals surface area contributed by atoms with Crippen molar-refractivity contribution >= 4 is 5.97 Å². The molecule has 2 aromatic heterocycles. The van der Waals surface area contributed by atoms with Gasteiger partial charge in [-0.25, -0.2) is 9.78 Å². The molecule has 0 aliphatic heterocycles. The predicted octanol–water partition coefficient (Wildman–Crippen LogP) is 0.212. The molecule has 2 rings (SSSR count). The molecule has 0 bridgehead atoms. The van der Waals surface area contributed by atoms with E-state index in [1.807, 2.05) is 0 Å². The Morgan fingerprint density at radius 2 is 2.27 bits per heavy atom. The summed E-state index contributed by atoms with van der Waals surface area (Å²) in [6.07, 6.45) is 1.32. The molecule has 78 valence electrons. The molecule has 0 atom stereocenters. The van der Waals surface area contributed by atoms with Gasteiger partial charge in [0.2, 0.25) is 0 Å². The van der Waals surface area contributed by atoms with E-state index in [2.05, 4.69) is 20.2 Å². The molecule has 0 aromatic carbocycles. The van der Waals surface area contributed by atoms with Crippen molar-refractivity contribution in [1.82, 2.24) is 24.7 Å². The smallest absolute Gasteiger partial charge is 0.354 e. The lowest BCUT2D eigenvalue weighted by molar-refractivity contribution is 0.0692. The van der Waals surface area contributed by atoms with Crippen LogP contribution in [-0.2, 0) is 7.05 Å². The van der Waals surface area contributed by atoms with Crippen molar-refractivity contribution in [3.8, 4) is 11.5 Å². The number of carboxylic acid groups (broad SMARTS) is 1. The molecule has 0 fully saturated rings. The SMILES string of the molecule is Cc1nnc(-c2nc[nH]c2C(=O)O)n1C. The molecular formula is C8H9N5O2. The van der Waals surface area contributed by atoms with E-state index < -0.39 is 5.97 Å². The Balaban J connectivity index is 2.59. The van der Waals surface area contributed by atoms with Gasteiger partial charge in [0.25, 0.3) is 0 Å². The normalized spacial score (nSPS) is 10.5. The van der Waals surface area contributed by atoms with E-state index in [0.29, 0.717) is 17.3 Å². The first-order valence-electron chi connectivity index (χ1n) is 4.24. The van der Waals surface area contributed by atoms with Crippen LogP contribution in [0.3, 0.4) is 0 Å². The lowest BCUT2D eigenvalue weighted by Crippen LogP contribution is -2.02. The molecule has 2 N–H and O–H groups in total. The molecule has 0 spiro atoms. The zero-order chi connectivity index (χ0) is 11.0. The average molecular weight is 207 g/mol. The Kier molecular flexibility index (Phi) is 2.00. The van der Waals surface area contributed by atoms with Crippen LogP contribution in [0.25, 0.3) is 11.5 Å². The molecule has 2 aromatic rings. The van der Waals surface area contributed by atoms with Crippen molar-refractivity contribution in [1.29, 1.82) is 0 Å². The van der Waals surface area contributed by atoms with Crippen LogP contribution in [0, 0.1) is 6.92 Å². The highest BCUT2D eigenvalue weighted by Crippen LogP contribution is 2.17. The molecule has 0 radical (unpaired) electrons. The van der Waals surface area contributed by atoms with Crippen LogP contribution in [0.2, 0.25) is 0 Å². The zero-order valence-electron chi connectivity index (χ0n) is 8.22. The van der Waals surface area contributed by atoms with Gasteiger partial charge < -0.3 is 14.7 Å². The largest absolute Gasteiger partial charge is 0.477 e. The zero-order valence-corrected chi connectivity index (χ0v) is 8.22. The number of imidazole rings is 1. The molecule has 7 heteroatoms. The van der Waals surface area contributed by atoms with Crippen LogP contribution in [0.1, 0.15) is 16.3 Å². The van der Waals surface area contributed by atoms with Gasteiger partial charge in [0.05, 0.1) is 6.33 Å². The van der Waals surface area contributed by atoms with Crippen LogP contribution in [0.15, 0.2) is 6.33 Å². The number of nitrogens with one attached hydrogen (secondary N) is 1. The van der Waals surface area contributed by atoms with Gasteiger partial charge in [-0.2, -0.15) is 0 Å². The van der Waals surface area contributed by atoms with E-state index in [4.69, 9.17) is 5.11 Å². The van der Waals surface area contributed by atoms with Crippen molar-refractivity contribution in [2.24, 2.45) is 7.05 Å². The molecule has 0 aliphatic carbocycles. The average Bonchev–Trinajstić information content (AvgIpc) is 2.75. The van der Waals surface area contributed by atoms with Gasteiger partial charge in [-0.1, -0.05) is 0 Å². The Hall–Kier alpha value is -2.18. The third kappa shape index (κ3) is 1.37. The molecule has 15 heavy (non-hydrogen) atoms. The second-order valence-electron chi connectivity index (χ2n) is 3.06. The van der Waals surface area contributed by atoms with E-state index in [-0.39, 0.29) is 5.69 Å². The summed E-state index contributed by atoms with van der Waals surface area (Å²) in [7, 11) is 1.75. The summed E-state index contributed by atoms with van der Waals surface area (Å²) in [6, 6.07) is 0. The second kappa shape index (κ2) is 3.19. The fourth-order valence-corrected chi connectivity index (χ4v) is 1.24. The maximum absolute atomic E-state index is 10.8.